The average Bonchev–Trinajstić information content (AvgIpc) is 0.840. The number of rotatable bonds is 24. The normalized spacial score (nSPS) is 26.7. The molecule has 11 amide bonds. The van der Waals surface area contributed by atoms with Crippen molar-refractivity contribution in [3.8, 4) is 0 Å². The molecule has 2 saturated heterocycles. The van der Waals surface area contributed by atoms with Gasteiger partial charge in [0.1, 0.15) is 66.5 Å². The first kappa shape index (κ1) is 91.2. The third-order valence-corrected chi connectivity index (χ3v) is 20.9. The Morgan fingerprint density at radius 2 is 0.980 bits per heavy atom. The molecule has 580 valence electrons. The molecule has 0 saturated carbocycles. The highest BCUT2D eigenvalue weighted by Gasteiger charge is 2.47. The SMILES string of the molecule is C/C=C/C[C@@H](C)[C@@H](O)[C@H]1C(=O)N[C@@H](CC)C(=O)N(C)[C@H](CSCCCN2CCN(CCC)CC2)C(=O)N(C)[C@@H](CC(C)(C)O)C(=O)N[C@H](C(C)C)C(=O)N(C)[C@H](CCC(C)C)C(=O)N[C@H](C)C(=O)N[C@@H](C)C(=O)N(C)[C@H](CC(C)C)C(=O)N(C)[C@@H](CC(C)C)C(=O)N(C)[C@@H](C(C)C)C(=O)N1C. The molecule has 27 heteroatoms. The first-order valence-electron chi connectivity index (χ1n) is 37.0. The summed E-state index contributed by atoms with van der Waals surface area (Å²) in [5.74, 6) is -9.31. The maximum absolute atomic E-state index is 15.6. The summed E-state index contributed by atoms with van der Waals surface area (Å²) in [7, 11) is 9.98. The number of piperazine rings is 1. The fourth-order valence-corrected chi connectivity index (χ4v) is 14.3. The standard InChI is InChI=1S/C74H135N13O13S/c1-26-29-31-50(14)62(88)61-66(92)77-53(28-3)68(94)83(23)58(44-101-40-30-35-87-38-36-86(34-27-2)37-39-87)71(97)82(22)57(43-74(17,18)100)65(91)78-59(48(10)11)72(98)79(19)54(33-32-45(4)5)64(90)75-51(15)63(89)76-52(16)67(93)80(20)55(41-46(6)7)69(95)81(21)56(42-47(8)9)70(96)84(24)60(49(12)13)73(99)85(61)25/h26,29,45-62,88,100H,27-28,30-44H2,1-25H3,(H,75,90)(H,76,89)(H,77,92)(H,78,91)/b29-26+/t50-,51-,52+,53+,54-,55-,56+,57+,58-,59-,60+,61+,62-/m1/s1. The summed E-state index contributed by atoms with van der Waals surface area (Å²) >= 11 is 1.44. The number of nitrogens with one attached hydrogen (secondary N) is 4. The second-order valence-corrected chi connectivity index (χ2v) is 32.3. The lowest BCUT2D eigenvalue weighted by Gasteiger charge is -2.41. The zero-order valence-corrected chi connectivity index (χ0v) is 67.2. The number of aliphatic hydroxyl groups excluding tert-OH is 1. The zero-order chi connectivity index (χ0) is 77.4. The van der Waals surface area contributed by atoms with Crippen LogP contribution in [0.15, 0.2) is 12.2 Å². The maximum Gasteiger partial charge on any atom is 0.246 e. The lowest BCUT2D eigenvalue weighted by molar-refractivity contribution is -0.157. The van der Waals surface area contributed by atoms with E-state index in [0.717, 1.165) is 57.0 Å². The predicted octanol–water partition coefficient (Wildman–Crippen LogP) is 4.29. The molecule has 13 atom stereocenters. The van der Waals surface area contributed by atoms with Gasteiger partial charge in [-0.1, -0.05) is 102 Å². The number of carbonyl (C=O) groups is 11. The van der Waals surface area contributed by atoms with Gasteiger partial charge in [-0.15, -0.1) is 0 Å². The Bertz CT molecular complexity index is 2740. The van der Waals surface area contributed by atoms with Crippen molar-refractivity contribution in [2.45, 2.75) is 261 Å². The third-order valence-electron chi connectivity index (χ3n) is 19.7. The largest absolute Gasteiger partial charge is 0.390 e. The van der Waals surface area contributed by atoms with Crippen molar-refractivity contribution in [3.05, 3.63) is 12.2 Å². The lowest BCUT2D eigenvalue weighted by Crippen LogP contribution is -2.64. The molecule has 0 aliphatic carbocycles. The third kappa shape index (κ3) is 27.3. The van der Waals surface area contributed by atoms with E-state index in [1.165, 1.54) is 118 Å². The van der Waals surface area contributed by atoms with Crippen LogP contribution >= 0.6 is 11.8 Å². The molecule has 0 bridgehead atoms. The molecule has 2 heterocycles. The Morgan fingerprint density at radius 3 is 1.47 bits per heavy atom. The van der Waals surface area contributed by atoms with Crippen LogP contribution in [0.4, 0.5) is 0 Å². The Hall–Kier alpha value is -5.90. The maximum atomic E-state index is 15.6. The number of thioether (sulfide) groups is 1. The molecule has 26 nitrogen and oxygen atoms in total. The first-order valence-corrected chi connectivity index (χ1v) is 38.2. The summed E-state index contributed by atoms with van der Waals surface area (Å²) in [5, 5.41) is 35.1. The van der Waals surface area contributed by atoms with E-state index in [9.17, 15) is 24.6 Å². The molecule has 2 rings (SSSR count). The quantitative estimate of drug-likeness (QED) is 0.0580. The molecule has 0 aromatic heterocycles. The Balaban J connectivity index is 3.11. The summed E-state index contributed by atoms with van der Waals surface area (Å²) in [4.78, 5) is 179. The van der Waals surface area contributed by atoms with E-state index < -0.39 is 161 Å². The van der Waals surface area contributed by atoms with Crippen LogP contribution in [0.3, 0.4) is 0 Å². The monoisotopic (exact) mass is 1450 g/mol. The van der Waals surface area contributed by atoms with Crippen LogP contribution in [-0.4, -0.2) is 298 Å². The molecule has 0 unspecified atom stereocenters. The number of nitrogens with zero attached hydrogens (tertiary/aromatic N) is 9. The fraction of sp³-hybridized carbons (Fsp3) is 0.824. The Labute approximate surface area is 610 Å². The minimum absolute atomic E-state index is 0.0217. The highest BCUT2D eigenvalue weighted by molar-refractivity contribution is 7.99. The number of allylic oxidation sites excluding steroid dienone is 2. The van der Waals surface area contributed by atoms with Gasteiger partial charge >= 0.3 is 0 Å². The number of hydrogen-bond donors (Lipinski definition) is 6. The highest BCUT2D eigenvalue weighted by atomic mass is 32.2. The number of likely N-dealkylation sites (N-methyl/N-ethyl adjacent to an activating group) is 7. The predicted molar refractivity (Wildman–Crippen MR) is 399 cm³/mol. The molecule has 2 aliphatic rings. The van der Waals surface area contributed by atoms with E-state index >= 15 is 38.4 Å². The minimum atomic E-state index is -1.66. The van der Waals surface area contributed by atoms with Gasteiger partial charge in [-0.25, -0.2) is 0 Å². The van der Waals surface area contributed by atoms with Gasteiger partial charge in [0.05, 0.1) is 11.7 Å². The number of aliphatic hydroxyl groups is 2. The van der Waals surface area contributed by atoms with Gasteiger partial charge < -0.3 is 75.6 Å². The summed E-state index contributed by atoms with van der Waals surface area (Å²) in [5.41, 5.74) is -1.59. The van der Waals surface area contributed by atoms with Crippen molar-refractivity contribution in [1.82, 2.24) is 65.4 Å². The van der Waals surface area contributed by atoms with Gasteiger partial charge in [-0.3, -0.25) is 52.7 Å². The van der Waals surface area contributed by atoms with Gasteiger partial charge in [-0.2, -0.15) is 11.8 Å². The van der Waals surface area contributed by atoms with E-state index in [2.05, 4.69) is 38.0 Å². The van der Waals surface area contributed by atoms with E-state index in [0.29, 0.717) is 12.2 Å². The molecule has 101 heavy (non-hydrogen) atoms. The van der Waals surface area contributed by atoms with Gasteiger partial charge in [0.25, 0.3) is 0 Å². The molecule has 0 radical (unpaired) electrons. The van der Waals surface area contributed by atoms with Crippen LogP contribution in [0.25, 0.3) is 0 Å². The molecular weight excluding hydrogens is 1310 g/mol. The Morgan fingerprint density at radius 1 is 0.515 bits per heavy atom. The van der Waals surface area contributed by atoms with Crippen molar-refractivity contribution in [3.63, 3.8) is 0 Å². The number of hydrogen-bond acceptors (Lipinski definition) is 16. The Kier molecular flexibility index (Phi) is 38.6. The lowest BCUT2D eigenvalue weighted by atomic mass is 9.91. The highest BCUT2D eigenvalue weighted by Crippen LogP contribution is 2.27. The molecule has 0 spiro atoms. The van der Waals surface area contributed by atoms with E-state index in [4.69, 9.17) is 0 Å². The molecule has 2 fully saturated rings. The summed E-state index contributed by atoms with van der Waals surface area (Å²) in [6.45, 7) is 37.1. The van der Waals surface area contributed by atoms with Crippen molar-refractivity contribution in [2.24, 2.45) is 35.5 Å². The van der Waals surface area contributed by atoms with Gasteiger partial charge in [0.2, 0.25) is 65.0 Å². The van der Waals surface area contributed by atoms with Crippen molar-refractivity contribution in [1.29, 1.82) is 0 Å². The van der Waals surface area contributed by atoms with E-state index in [1.807, 2.05) is 54.5 Å². The van der Waals surface area contributed by atoms with Gasteiger partial charge in [0, 0.05) is 87.7 Å². The molecular formula is C74H135N13O13S. The average molecular weight is 1450 g/mol. The van der Waals surface area contributed by atoms with Crippen LogP contribution in [0.2, 0.25) is 0 Å². The van der Waals surface area contributed by atoms with Gasteiger partial charge in [0.15, 0.2) is 0 Å². The summed E-state index contributed by atoms with van der Waals surface area (Å²) in [6, 6.07) is -14.4. The first-order chi connectivity index (χ1) is 46.9. The second-order valence-electron chi connectivity index (χ2n) is 31.1. The van der Waals surface area contributed by atoms with Crippen molar-refractivity contribution < 1.29 is 63.0 Å². The molecule has 0 aromatic carbocycles. The number of carbonyl (C=O) groups excluding carboxylic acids is 11. The van der Waals surface area contributed by atoms with Crippen LogP contribution in [0, 0.1) is 35.5 Å². The van der Waals surface area contributed by atoms with Crippen LogP contribution < -0.4 is 21.3 Å². The number of amides is 11. The van der Waals surface area contributed by atoms with Crippen molar-refractivity contribution in [2.75, 3.05) is 100 Å². The zero-order valence-electron chi connectivity index (χ0n) is 66.4. The van der Waals surface area contributed by atoms with Crippen molar-refractivity contribution >= 4 is 76.7 Å². The molecule has 0 aromatic rings. The summed E-state index contributed by atoms with van der Waals surface area (Å²) < 4.78 is 0. The van der Waals surface area contributed by atoms with Crippen LogP contribution in [-0.2, 0) is 52.7 Å². The van der Waals surface area contributed by atoms with Gasteiger partial charge in [-0.05, 0) is 140 Å². The summed E-state index contributed by atoms with van der Waals surface area (Å²) in [6.07, 6.45) is 4.72. The molecule has 2 aliphatic heterocycles. The molecule has 6 N–H and O–H groups in total. The fourth-order valence-electron chi connectivity index (χ4n) is 13.2. The smallest absolute Gasteiger partial charge is 0.246 e. The van der Waals surface area contributed by atoms with Crippen LogP contribution in [0.5, 0.6) is 0 Å². The van der Waals surface area contributed by atoms with E-state index in [-0.39, 0.29) is 62.0 Å². The van der Waals surface area contributed by atoms with E-state index in [1.54, 1.807) is 47.6 Å². The topological polar surface area (TPSA) is 306 Å². The second kappa shape index (κ2) is 42.8. The minimum Gasteiger partial charge on any atom is -0.390 e. The van der Waals surface area contributed by atoms with Crippen LogP contribution in [0.1, 0.15) is 182 Å².